The van der Waals surface area contributed by atoms with E-state index in [1.54, 1.807) is 17.2 Å². The molecule has 5 rings (SSSR count). The molecule has 2 aromatic rings. The number of amides is 1. The van der Waals surface area contributed by atoms with E-state index >= 15 is 0 Å². The van der Waals surface area contributed by atoms with E-state index in [9.17, 15) is 9.18 Å². The Bertz CT molecular complexity index is 1100. The molecule has 2 heterocycles. The predicted molar refractivity (Wildman–Crippen MR) is 121 cm³/mol. The number of aromatic nitrogens is 1. The zero-order valence-electron chi connectivity index (χ0n) is 18.3. The van der Waals surface area contributed by atoms with E-state index < -0.39 is 0 Å². The van der Waals surface area contributed by atoms with Gasteiger partial charge in [-0.3, -0.25) is 4.98 Å². The molecule has 166 valence electrons. The standard InChI is InChI=1S/C26H27FN2O3/c1-31-25-9-6-18(15-23(25)27)19-14-22-21(7-8-24(22)28-16-19)17-10-12-29(13-11-17)26(30)32-20-4-2-3-5-20/h6-7,9-10,14-16,20H,2-5,8,11-13H2,1H3. The number of pyridine rings is 1. The van der Waals surface area contributed by atoms with E-state index in [4.69, 9.17) is 9.47 Å². The summed E-state index contributed by atoms with van der Waals surface area (Å²) in [5.41, 5.74) is 6.16. The van der Waals surface area contributed by atoms with Crippen molar-refractivity contribution in [3.05, 3.63) is 65.3 Å². The molecule has 3 aliphatic rings. The van der Waals surface area contributed by atoms with Gasteiger partial charge in [-0.15, -0.1) is 0 Å². The fourth-order valence-corrected chi connectivity index (χ4v) is 4.81. The molecule has 1 amide bonds. The molecule has 0 radical (unpaired) electrons. The Labute approximate surface area is 187 Å². The van der Waals surface area contributed by atoms with E-state index in [1.165, 1.54) is 24.3 Å². The Balaban J connectivity index is 1.32. The number of rotatable bonds is 4. The van der Waals surface area contributed by atoms with Crippen LogP contribution in [0.25, 0.3) is 16.7 Å². The largest absolute Gasteiger partial charge is 0.494 e. The van der Waals surface area contributed by atoms with E-state index in [2.05, 4.69) is 23.2 Å². The van der Waals surface area contributed by atoms with E-state index in [1.807, 2.05) is 6.07 Å². The highest BCUT2D eigenvalue weighted by Crippen LogP contribution is 2.37. The third-order valence-electron chi connectivity index (χ3n) is 6.63. The molecule has 0 bridgehead atoms. The molecule has 5 nitrogen and oxygen atoms in total. The van der Waals surface area contributed by atoms with E-state index in [0.29, 0.717) is 13.1 Å². The lowest BCUT2D eigenvalue weighted by Crippen LogP contribution is -2.37. The van der Waals surface area contributed by atoms with Crippen molar-refractivity contribution < 1.29 is 18.7 Å². The van der Waals surface area contributed by atoms with Crippen LogP contribution in [0.15, 0.2) is 48.2 Å². The van der Waals surface area contributed by atoms with E-state index in [0.717, 1.165) is 60.9 Å². The van der Waals surface area contributed by atoms with Crippen molar-refractivity contribution in [2.24, 2.45) is 0 Å². The number of hydrogen-bond donors (Lipinski definition) is 0. The number of halogens is 1. The monoisotopic (exact) mass is 434 g/mol. The minimum Gasteiger partial charge on any atom is -0.494 e. The topological polar surface area (TPSA) is 51.7 Å². The van der Waals surface area contributed by atoms with Crippen LogP contribution in [0.3, 0.4) is 0 Å². The van der Waals surface area contributed by atoms with Crippen molar-refractivity contribution in [2.45, 2.75) is 44.6 Å². The molecule has 1 fully saturated rings. The summed E-state index contributed by atoms with van der Waals surface area (Å²) in [6.07, 6.45) is 11.8. The SMILES string of the molecule is COc1ccc(-c2cnc3c(c2)C(C2=CCN(C(=O)OC4CCCC4)CC2)=CC3)cc1F. The highest BCUT2D eigenvalue weighted by Gasteiger charge is 2.27. The first kappa shape index (κ1) is 20.7. The van der Waals surface area contributed by atoms with Gasteiger partial charge in [0.1, 0.15) is 6.10 Å². The van der Waals surface area contributed by atoms with Gasteiger partial charge in [-0.1, -0.05) is 18.2 Å². The summed E-state index contributed by atoms with van der Waals surface area (Å²) in [5, 5.41) is 0. The molecule has 0 N–H and O–H groups in total. The highest BCUT2D eigenvalue weighted by atomic mass is 19.1. The van der Waals surface area contributed by atoms with Crippen molar-refractivity contribution in [3.63, 3.8) is 0 Å². The summed E-state index contributed by atoms with van der Waals surface area (Å²) < 4.78 is 24.9. The molecule has 1 aromatic heterocycles. The zero-order valence-corrected chi connectivity index (χ0v) is 18.3. The van der Waals surface area contributed by atoms with Gasteiger partial charge in [0.2, 0.25) is 0 Å². The van der Waals surface area contributed by atoms with Gasteiger partial charge in [0.15, 0.2) is 11.6 Å². The Morgan fingerprint density at radius 1 is 1.16 bits per heavy atom. The van der Waals surface area contributed by atoms with Crippen LogP contribution in [0.1, 0.15) is 43.4 Å². The number of carbonyl (C=O) groups is 1. The molecule has 1 aromatic carbocycles. The maximum absolute atomic E-state index is 14.2. The summed E-state index contributed by atoms with van der Waals surface area (Å²) in [6.45, 7) is 1.21. The minimum absolute atomic E-state index is 0.0876. The Morgan fingerprint density at radius 2 is 2.00 bits per heavy atom. The van der Waals surface area contributed by atoms with Crippen molar-refractivity contribution in [1.29, 1.82) is 0 Å². The van der Waals surface area contributed by atoms with Crippen LogP contribution in [0.2, 0.25) is 0 Å². The third-order valence-corrected chi connectivity index (χ3v) is 6.63. The molecule has 0 saturated heterocycles. The molecule has 1 saturated carbocycles. The van der Waals surface area contributed by atoms with Crippen LogP contribution in [0, 0.1) is 5.82 Å². The molecule has 0 spiro atoms. The summed E-state index contributed by atoms with van der Waals surface area (Å²) in [4.78, 5) is 18.9. The molecule has 6 heteroatoms. The van der Waals surface area contributed by atoms with Crippen molar-refractivity contribution in [2.75, 3.05) is 20.2 Å². The lowest BCUT2D eigenvalue weighted by Gasteiger charge is -2.27. The summed E-state index contributed by atoms with van der Waals surface area (Å²) in [5.74, 6) is -0.160. The normalized spacial score (nSPS) is 18.2. The maximum atomic E-state index is 14.2. The van der Waals surface area contributed by atoms with Gasteiger partial charge in [0, 0.05) is 36.8 Å². The average molecular weight is 435 g/mol. The van der Waals surface area contributed by atoms with Gasteiger partial charge in [-0.2, -0.15) is 0 Å². The lowest BCUT2D eigenvalue weighted by atomic mass is 9.94. The predicted octanol–water partition coefficient (Wildman–Crippen LogP) is 5.55. The number of hydrogen-bond acceptors (Lipinski definition) is 4. The number of methoxy groups -OCH3 is 1. The highest BCUT2D eigenvalue weighted by molar-refractivity contribution is 5.86. The number of ether oxygens (including phenoxy) is 2. The Morgan fingerprint density at radius 3 is 2.72 bits per heavy atom. The second-order valence-corrected chi connectivity index (χ2v) is 8.61. The first-order valence-electron chi connectivity index (χ1n) is 11.3. The van der Waals surface area contributed by atoms with Gasteiger partial charge in [-0.05, 0) is 67.0 Å². The molecule has 0 atom stereocenters. The second kappa shape index (κ2) is 8.77. The second-order valence-electron chi connectivity index (χ2n) is 8.61. The van der Waals surface area contributed by atoms with Crippen molar-refractivity contribution in [3.8, 4) is 16.9 Å². The molecule has 0 unspecified atom stereocenters. The number of nitrogens with zero attached hydrogens (tertiary/aromatic N) is 2. The zero-order chi connectivity index (χ0) is 22.1. The van der Waals surface area contributed by atoms with E-state index in [-0.39, 0.29) is 23.8 Å². The molecule has 2 aliphatic carbocycles. The minimum atomic E-state index is -0.388. The van der Waals surface area contributed by atoms with Crippen LogP contribution < -0.4 is 4.74 Å². The molecule has 32 heavy (non-hydrogen) atoms. The summed E-state index contributed by atoms with van der Waals surface area (Å²) in [7, 11) is 1.46. The Hall–Kier alpha value is -3.15. The number of carbonyl (C=O) groups excluding carboxylic acids is 1. The fourth-order valence-electron chi connectivity index (χ4n) is 4.81. The number of allylic oxidation sites excluding steroid dienone is 2. The van der Waals surface area contributed by atoms with Gasteiger partial charge in [0.05, 0.1) is 12.8 Å². The summed E-state index contributed by atoms with van der Waals surface area (Å²) >= 11 is 0. The van der Waals surface area contributed by atoms with Crippen LogP contribution in [0.4, 0.5) is 9.18 Å². The lowest BCUT2D eigenvalue weighted by molar-refractivity contribution is 0.0676. The molecule has 1 aliphatic heterocycles. The van der Waals surface area contributed by atoms with Crippen LogP contribution in [-0.2, 0) is 11.2 Å². The van der Waals surface area contributed by atoms with Gasteiger partial charge < -0.3 is 14.4 Å². The van der Waals surface area contributed by atoms with Gasteiger partial charge in [0.25, 0.3) is 0 Å². The first-order valence-corrected chi connectivity index (χ1v) is 11.3. The maximum Gasteiger partial charge on any atom is 0.410 e. The van der Waals surface area contributed by atoms with Gasteiger partial charge >= 0.3 is 6.09 Å². The Kier molecular flexibility index (Phi) is 5.68. The first-order chi connectivity index (χ1) is 15.6. The average Bonchev–Trinajstić information content (AvgIpc) is 3.48. The van der Waals surface area contributed by atoms with Crippen LogP contribution in [-0.4, -0.2) is 42.3 Å². The summed E-state index contributed by atoms with van der Waals surface area (Å²) in [6, 6.07) is 7.05. The fraction of sp³-hybridized carbons (Fsp3) is 0.385. The van der Waals surface area contributed by atoms with Crippen molar-refractivity contribution >= 4 is 11.7 Å². The molecular formula is C26H27FN2O3. The smallest absolute Gasteiger partial charge is 0.410 e. The quantitative estimate of drug-likeness (QED) is 0.633. The van der Waals surface area contributed by atoms with Crippen LogP contribution in [0.5, 0.6) is 5.75 Å². The molecular weight excluding hydrogens is 407 g/mol. The number of fused-ring (bicyclic) bond motifs is 1. The van der Waals surface area contributed by atoms with Crippen molar-refractivity contribution in [1.82, 2.24) is 9.88 Å². The third kappa shape index (κ3) is 4.01. The van der Waals surface area contributed by atoms with Gasteiger partial charge in [-0.25, -0.2) is 9.18 Å². The van der Waals surface area contributed by atoms with Crippen LogP contribution >= 0.6 is 0 Å². The number of benzene rings is 1.